The largest absolute Gasteiger partial charge is 0.484 e. The Morgan fingerprint density at radius 3 is 2.39 bits per heavy atom. The first-order chi connectivity index (χ1) is 13.6. The maximum atomic E-state index is 12.0. The van der Waals surface area contributed by atoms with Gasteiger partial charge in [0, 0.05) is 25.8 Å². The summed E-state index contributed by atoms with van der Waals surface area (Å²) < 4.78 is 5.46. The molecule has 28 heavy (non-hydrogen) atoms. The van der Waals surface area contributed by atoms with Crippen LogP contribution in [0.4, 0.5) is 5.82 Å². The number of aromatic nitrogens is 1. The van der Waals surface area contributed by atoms with Crippen molar-refractivity contribution in [2.45, 2.75) is 32.2 Å². The number of piperidine rings is 1. The molecule has 7 heteroatoms. The Hall–Kier alpha value is -3.09. The van der Waals surface area contributed by atoms with Gasteiger partial charge in [-0.25, -0.2) is 4.98 Å². The van der Waals surface area contributed by atoms with Gasteiger partial charge in [0.25, 0.3) is 5.91 Å². The third kappa shape index (κ3) is 5.97. The maximum absolute atomic E-state index is 12.0. The number of carbonyl (C=O) groups is 2. The van der Waals surface area contributed by atoms with E-state index in [1.165, 1.54) is 19.3 Å². The van der Waals surface area contributed by atoms with E-state index in [2.05, 4.69) is 15.2 Å². The Labute approximate surface area is 164 Å². The van der Waals surface area contributed by atoms with Crippen LogP contribution in [-0.4, -0.2) is 36.5 Å². The molecule has 0 atom stereocenters. The van der Waals surface area contributed by atoms with Gasteiger partial charge in [-0.1, -0.05) is 18.2 Å². The Bertz CT molecular complexity index is 784. The normalized spacial score (nSPS) is 13.8. The number of primary amides is 1. The van der Waals surface area contributed by atoms with Crippen molar-refractivity contribution in [3.63, 3.8) is 0 Å². The van der Waals surface area contributed by atoms with Crippen LogP contribution in [-0.2, 0) is 22.6 Å². The number of rotatable bonds is 8. The Morgan fingerprint density at radius 2 is 1.75 bits per heavy atom. The molecule has 2 amide bonds. The highest BCUT2D eigenvalue weighted by atomic mass is 16.5. The highest BCUT2D eigenvalue weighted by molar-refractivity contribution is 5.77. The fraction of sp³-hybridized carbons (Fsp3) is 0.381. The molecular formula is C21H26N4O3. The van der Waals surface area contributed by atoms with Gasteiger partial charge >= 0.3 is 0 Å². The van der Waals surface area contributed by atoms with E-state index < -0.39 is 0 Å². The van der Waals surface area contributed by atoms with Gasteiger partial charge in [0.05, 0.1) is 6.42 Å². The molecule has 1 aromatic carbocycles. The molecule has 0 aliphatic carbocycles. The van der Waals surface area contributed by atoms with E-state index in [1.54, 1.807) is 24.3 Å². The maximum Gasteiger partial charge on any atom is 0.258 e. The second-order valence-corrected chi connectivity index (χ2v) is 6.92. The monoisotopic (exact) mass is 382 g/mol. The molecular weight excluding hydrogens is 356 g/mol. The quantitative estimate of drug-likeness (QED) is 0.725. The summed E-state index contributed by atoms with van der Waals surface area (Å²) in [5, 5.41) is 2.83. The zero-order valence-corrected chi connectivity index (χ0v) is 15.9. The minimum atomic E-state index is -0.383. The van der Waals surface area contributed by atoms with Crippen LogP contribution in [0, 0.1) is 0 Å². The third-order valence-electron chi connectivity index (χ3n) is 4.65. The molecule has 3 N–H and O–H groups in total. The van der Waals surface area contributed by atoms with Crippen molar-refractivity contribution in [2.75, 3.05) is 24.6 Å². The van der Waals surface area contributed by atoms with Gasteiger partial charge in [-0.2, -0.15) is 0 Å². The van der Waals surface area contributed by atoms with Gasteiger partial charge in [-0.3, -0.25) is 9.59 Å². The molecule has 0 bridgehead atoms. The van der Waals surface area contributed by atoms with Gasteiger partial charge in [0.2, 0.25) is 5.91 Å². The number of hydrogen-bond acceptors (Lipinski definition) is 5. The molecule has 3 rings (SSSR count). The molecule has 1 fully saturated rings. The molecule has 1 aliphatic rings. The topological polar surface area (TPSA) is 97.6 Å². The van der Waals surface area contributed by atoms with Crippen molar-refractivity contribution < 1.29 is 14.3 Å². The molecule has 0 radical (unpaired) electrons. The number of nitrogens with zero attached hydrogens (tertiary/aromatic N) is 2. The summed E-state index contributed by atoms with van der Waals surface area (Å²) in [6.07, 6.45) is 5.72. The summed E-state index contributed by atoms with van der Waals surface area (Å²) >= 11 is 0. The number of amides is 2. The molecule has 148 valence electrons. The van der Waals surface area contributed by atoms with E-state index in [1.807, 2.05) is 18.3 Å². The minimum Gasteiger partial charge on any atom is -0.484 e. The number of ether oxygens (including phenoxy) is 1. The Balaban J connectivity index is 1.40. The van der Waals surface area contributed by atoms with Crippen LogP contribution in [0.3, 0.4) is 0 Å². The van der Waals surface area contributed by atoms with Crippen LogP contribution in [0.1, 0.15) is 30.4 Å². The van der Waals surface area contributed by atoms with Crippen LogP contribution in [0.5, 0.6) is 5.75 Å². The van der Waals surface area contributed by atoms with E-state index in [0.29, 0.717) is 12.3 Å². The number of nitrogens with two attached hydrogens (primary N) is 1. The van der Waals surface area contributed by atoms with Crippen LogP contribution >= 0.6 is 0 Å². The molecule has 7 nitrogen and oxygen atoms in total. The van der Waals surface area contributed by atoms with E-state index in [9.17, 15) is 9.59 Å². The number of carbonyl (C=O) groups excluding carboxylic acids is 2. The molecule has 1 aliphatic heterocycles. The van der Waals surface area contributed by atoms with Crippen molar-refractivity contribution >= 4 is 17.6 Å². The number of anilines is 1. The van der Waals surface area contributed by atoms with Gasteiger partial charge in [-0.15, -0.1) is 0 Å². The average molecular weight is 382 g/mol. The highest BCUT2D eigenvalue weighted by Crippen LogP contribution is 2.17. The predicted octanol–water partition coefficient (Wildman–Crippen LogP) is 1.79. The highest BCUT2D eigenvalue weighted by Gasteiger charge is 2.12. The number of benzene rings is 1. The lowest BCUT2D eigenvalue weighted by atomic mass is 10.1. The van der Waals surface area contributed by atoms with Crippen molar-refractivity contribution in [3.8, 4) is 5.75 Å². The standard InChI is InChI=1S/C21H26N4O3/c22-19(26)12-16-4-7-18(8-5-16)28-15-21(27)24-14-17-6-9-20(23-13-17)25-10-2-1-3-11-25/h4-9,13H,1-3,10-12,14-15H2,(H2,22,26)(H,24,27). The zero-order valence-electron chi connectivity index (χ0n) is 15.9. The van der Waals surface area contributed by atoms with Crippen molar-refractivity contribution in [3.05, 3.63) is 53.7 Å². The summed E-state index contributed by atoms with van der Waals surface area (Å²) in [6, 6.07) is 11.0. The smallest absolute Gasteiger partial charge is 0.258 e. The summed E-state index contributed by atoms with van der Waals surface area (Å²) in [5.41, 5.74) is 6.92. The van der Waals surface area contributed by atoms with Gasteiger partial charge in [0.1, 0.15) is 11.6 Å². The minimum absolute atomic E-state index is 0.0749. The summed E-state index contributed by atoms with van der Waals surface area (Å²) in [6.45, 7) is 2.45. The molecule has 1 saturated heterocycles. The number of nitrogens with one attached hydrogen (secondary N) is 1. The zero-order chi connectivity index (χ0) is 19.8. The van der Waals surface area contributed by atoms with Crippen LogP contribution in [0.2, 0.25) is 0 Å². The van der Waals surface area contributed by atoms with Gasteiger partial charge < -0.3 is 20.7 Å². The van der Waals surface area contributed by atoms with E-state index in [0.717, 1.165) is 30.0 Å². The summed E-state index contributed by atoms with van der Waals surface area (Å²) in [7, 11) is 0. The van der Waals surface area contributed by atoms with E-state index in [-0.39, 0.29) is 24.8 Å². The van der Waals surface area contributed by atoms with E-state index >= 15 is 0 Å². The molecule has 0 spiro atoms. The lowest BCUT2D eigenvalue weighted by Gasteiger charge is -2.27. The molecule has 0 unspecified atom stereocenters. The van der Waals surface area contributed by atoms with Crippen molar-refractivity contribution in [1.29, 1.82) is 0 Å². The predicted molar refractivity (Wildman–Crippen MR) is 107 cm³/mol. The van der Waals surface area contributed by atoms with Crippen LogP contribution < -0.4 is 20.7 Å². The number of hydrogen-bond donors (Lipinski definition) is 2. The van der Waals surface area contributed by atoms with Crippen LogP contribution in [0.15, 0.2) is 42.6 Å². The first kappa shape index (κ1) is 19.7. The first-order valence-corrected chi connectivity index (χ1v) is 9.57. The average Bonchev–Trinajstić information content (AvgIpc) is 2.72. The molecule has 1 aromatic heterocycles. The molecule has 2 heterocycles. The second-order valence-electron chi connectivity index (χ2n) is 6.92. The SMILES string of the molecule is NC(=O)Cc1ccc(OCC(=O)NCc2ccc(N3CCCCC3)nc2)cc1. The third-order valence-corrected chi connectivity index (χ3v) is 4.65. The summed E-state index contributed by atoms with van der Waals surface area (Å²) in [5.74, 6) is 0.974. The number of pyridine rings is 1. The first-order valence-electron chi connectivity index (χ1n) is 9.57. The van der Waals surface area contributed by atoms with Crippen LogP contribution in [0.25, 0.3) is 0 Å². The molecule has 0 saturated carbocycles. The fourth-order valence-corrected chi connectivity index (χ4v) is 3.14. The van der Waals surface area contributed by atoms with Gasteiger partial charge in [0.15, 0.2) is 6.61 Å². The summed E-state index contributed by atoms with van der Waals surface area (Å²) in [4.78, 5) is 29.7. The lowest BCUT2D eigenvalue weighted by Crippen LogP contribution is -2.30. The Morgan fingerprint density at radius 1 is 1.04 bits per heavy atom. The molecule has 2 aromatic rings. The second kappa shape index (κ2) is 9.73. The lowest BCUT2D eigenvalue weighted by molar-refractivity contribution is -0.123. The Kier molecular flexibility index (Phi) is 6.84. The fourth-order valence-electron chi connectivity index (χ4n) is 3.14. The van der Waals surface area contributed by atoms with Crippen molar-refractivity contribution in [1.82, 2.24) is 10.3 Å². The van der Waals surface area contributed by atoms with E-state index in [4.69, 9.17) is 10.5 Å². The van der Waals surface area contributed by atoms with Crippen molar-refractivity contribution in [2.24, 2.45) is 5.73 Å². The van der Waals surface area contributed by atoms with Gasteiger partial charge in [-0.05, 0) is 48.6 Å².